The van der Waals surface area contributed by atoms with Crippen molar-refractivity contribution in [2.45, 2.75) is 6.92 Å². The molecule has 4 nitrogen and oxygen atoms in total. The molecule has 0 aliphatic carbocycles. The average Bonchev–Trinajstić information content (AvgIpc) is 2.61. The van der Waals surface area contributed by atoms with Crippen LogP contribution in [0.2, 0.25) is 10.0 Å². The fourth-order valence-corrected chi connectivity index (χ4v) is 3.22. The monoisotopic (exact) mass is 381 g/mol. The van der Waals surface area contributed by atoms with Crippen LogP contribution < -0.4 is 10.2 Å². The number of rotatable bonds is 2. The maximum absolute atomic E-state index is 13.2. The molecule has 1 N–H and O–H groups in total. The third kappa shape index (κ3) is 3.99. The van der Waals surface area contributed by atoms with Crippen molar-refractivity contribution in [1.29, 1.82) is 0 Å². The van der Waals surface area contributed by atoms with E-state index in [-0.39, 0.29) is 11.1 Å². The van der Waals surface area contributed by atoms with E-state index in [9.17, 15) is 9.18 Å². The molecule has 2 aromatic carbocycles. The molecule has 0 saturated carbocycles. The van der Waals surface area contributed by atoms with Gasteiger partial charge in [0, 0.05) is 42.6 Å². The molecule has 1 heterocycles. The molecular formula is C18H18Cl2FN3O. The van der Waals surface area contributed by atoms with Gasteiger partial charge in [-0.25, -0.2) is 9.18 Å². The topological polar surface area (TPSA) is 35.6 Å². The van der Waals surface area contributed by atoms with Gasteiger partial charge in [-0.2, -0.15) is 0 Å². The fourth-order valence-electron chi connectivity index (χ4n) is 2.87. The lowest BCUT2D eigenvalue weighted by molar-refractivity contribution is 0.208. The van der Waals surface area contributed by atoms with E-state index in [1.165, 1.54) is 18.2 Å². The number of amides is 2. The third-order valence-corrected chi connectivity index (χ3v) is 5.02. The highest BCUT2D eigenvalue weighted by Gasteiger charge is 2.22. The van der Waals surface area contributed by atoms with Crippen LogP contribution in [-0.4, -0.2) is 37.1 Å². The molecular weight excluding hydrogens is 364 g/mol. The standard InChI is InChI=1S/C18H18Cl2FN3O/c1-12-14(19)3-2-4-17(12)23-7-9-24(10-8-23)18(25)22-13-5-6-16(21)15(20)11-13/h2-6,11H,7-10H2,1H3,(H,22,25). The zero-order chi connectivity index (χ0) is 18.0. The number of carbonyl (C=O) groups excluding carboxylic acids is 1. The number of halogens is 3. The Morgan fingerprint density at radius 1 is 1.08 bits per heavy atom. The van der Waals surface area contributed by atoms with Gasteiger partial charge in [-0.15, -0.1) is 0 Å². The fraction of sp³-hybridized carbons (Fsp3) is 0.278. The quantitative estimate of drug-likeness (QED) is 0.810. The van der Waals surface area contributed by atoms with Gasteiger partial charge in [0.05, 0.1) is 5.02 Å². The maximum Gasteiger partial charge on any atom is 0.321 e. The lowest BCUT2D eigenvalue weighted by atomic mass is 10.1. The summed E-state index contributed by atoms with van der Waals surface area (Å²) in [6, 6.07) is 9.76. The number of nitrogens with one attached hydrogen (secondary N) is 1. The number of nitrogens with zero attached hydrogens (tertiary/aromatic N) is 2. The van der Waals surface area contributed by atoms with Crippen molar-refractivity contribution in [1.82, 2.24) is 4.90 Å². The van der Waals surface area contributed by atoms with Crippen LogP contribution in [-0.2, 0) is 0 Å². The highest BCUT2D eigenvalue weighted by atomic mass is 35.5. The summed E-state index contributed by atoms with van der Waals surface area (Å²) in [4.78, 5) is 16.3. The number of piperazine rings is 1. The molecule has 3 rings (SSSR count). The zero-order valence-corrected chi connectivity index (χ0v) is 15.2. The number of urea groups is 1. The average molecular weight is 382 g/mol. The van der Waals surface area contributed by atoms with Gasteiger partial charge in [-0.1, -0.05) is 29.3 Å². The predicted molar refractivity (Wildman–Crippen MR) is 100 cm³/mol. The Balaban J connectivity index is 1.60. The van der Waals surface area contributed by atoms with Gasteiger partial charge in [0.2, 0.25) is 0 Å². The summed E-state index contributed by atoms with van der Waals surface area (Å²) in [6.45, 7) is 4.62. The molecule has 0 atom stereocenters. The summed E-state index contributed by atoms with van der Waals surface area (Å²) >= 11 is 11.9. The van der Waals surface area contributed by atoms with E-state index < -0.39 is 5.82 Å². The summed E-state index contributed by atoms with van der Waals surface area (Å²) in [7, 11) is 0. The van der Waals surface area contributed by atoms with Crippen LogP contribution in [0.4, 0.5) is 20.6 Å². The first-order valence-electron chi connectivity index (χ1n) is 7.97. The molecule has 2 aromatic rings. The Morgan fingerprint density at radius 3 is 2.48 bits per heavy atom. The molecule has 0 aromatic heterocycles. The van der Waals surface area contributed by atoms with E-state index in [4.69, 9.17) is 23.2 Å². The number of hydrogen-bond donors (Lipinski definition) is 1. The van der Waals surface area contributed by atoms with E-state index >= 15 is 0 Å². The molecule has 2 amide bonds. The van der Waals surface area contributed by atoms with Crippen LogP contribution in [0.1, 0.15) is 5.56 Å². The van der Waals surface area contributed by atoms with Gasteiger partial charge in [0.25, 0.3) is 0 Å². The van der Waals surface area contributed by atoms with Crippen LogP contribution in [0.5, 0.6) is 0 Å². The summed E-state index contributed by atoms with van der Waals surface area (Å²) in [6.07, 6.45) is 0. The zero-order valence-electron chi connectivity index (χ0n) is 13.7. The molecule has 25 heavy (non-hydrogen) atoms. The minimum absolute atomic E-state index is 0.0148. The molecule has 1 fully saturated rings. The van der Waals surface area contributed by atoms with Crippen LogP contribution in [0.25, 0.3) is 0 Å². The van der Waals surface area contributed by atoms with Crippen LogP contribution in [0.3, 0.4) is 0 Å². The first-order chi connectivity index (χ1) is 12.0. The summed E-state index contributed by atoms with van der Waals surface area (Å²) < 4.78 is 13.2. The van der Waals surface area contributed by atoms with Crippen LogP contribution in [0.15, 0.2) is 36.4 Å². The van der Waals surface area contributed by atoms with Crippen molar-refractivity contribution in [2.75, 3.05) is 36.4 Å². The van der Waals surface area contributed by atoms with E-state index in [1.54, 1.807) is 4.90 Å². The molecule has 0 spiro atoms. The van der Waals surface area contributed by atoms with Gasteiger partial charge >= 0.3 is 6.03 Å². The van der Waals surface area contributed by atoms with E-state index in [1.807, 2.05) is 25.1 Å². The van der Waals surface area contributed by atoms with Gasteiger partial charge in [0.15, 0.2) is 0 Å². The molecule has 132 valence electrons. The molecule has 7 heteroatoms. The van der Waals surface area contributed by atoms with E-state index in [0.29, 0.717) is 18.8 Å². The smallest absolute Gasteiger partial charge is 0.321 e. The molecule has 0 radical (unpaired) electrons. The summed E-state index contributed by atoms with van der Waals surface area (Å²) in [5, 5.41) is 3.48. The van der Waals surface area contributed by atoms with Crippen molar-refractivity contribution >= 4 is 40.6 Å². The van der Waals surface area contributed by atoms with Crippen LogP contribution in [0, 0.1) is 12.7 Å². The number of anilines is 2. The van der Waals surface area contributed by atoms with Crippen molar-refractivity contribution in [3.8, 4) is 0 Å². The Kier molecular flexibility index (Phi) is 5.35. The number of carbonyl (C=O) groups is 1. The Morgan fingerprint density at radius 2 is 1.80 bits per heavy atom. The normalized spacial score (nSPS) is 14.6. The van der Waals surface area contributed by atoms with Gasteiger partial charge in [-0.05, 0) is 42.8 Å². The van der Waals surface area contributed by atoms with Gasteiger partial charge in [-0.3, -0.25) is 0 Å². The Hall–Kier alpha value is -1.98. The highest BCUT2D eigenvalue weighted by molar-refractivity contribution is 6.31. The van der Waals surface area contributed by atoms with E-state index in [2.05, 4.69) is 10.2 Å². The van der Waals surface area contributed by atoms with Gasteiger partial charge in [0.1, 0.15) is 5.82 Å². The van der Waals surface area contributed by atoms with Gasteiger partial charge < -0.3 is 15.1 Å². The van der Waals surface area contributed by atoms with Crippen molar-refractivity contribution in [2.24, 2.45) is 0 Å². The highest BCUT2D eigenvalue weighted by Crippen LogP contribution is 2.27. The molecule has 1 saturated heterocycles. The second-order valence-electron chi connectivity index (χ2n) is 5.92. The lowest BCUT2D eigenvalue weighted by Gasteiger charge is -2.36. The largest absolute Gasteiger partial charge is 0.368 e. The van der Waals surface area contributed by atoms with E-state index in [0.717, 1.165) is 29.4 Å². The molecule has 1 aliphatic heterocycles. The van der Waals surface area contributed by atoms with Crippen LogP contribution >= 0.6 is 23.2 Å². The number of benzene rings is 2. The minimum Gasteiger partial charge on any atom is -0.368 e. The summed E-state index contributed by atoms with van der Waals surface area (Å²) in [5.74, 6) is -0.509. The second kappa shape index (κ2) is 7.50. The Labute approximate surface area is 156 Å². The maximum atomic E-state index is 13.2. The third-order valence-electron chi connectivity index (χ3n) is 4.32. The van der Waals surface area contributed by atoms with Crippen molar-refractivity contribution in [3.05, 3.63) is 57.8 Å². The Bertz CT molecular complexity index is 792. The van der Waals surface area contributed by atoms with Crippen molar-refractivity contribution in [3.63, 3.8) is 0 Å². The first kappa shape index (κ1) is 17.8. The molecule has 0 bridgehead atoms. The SMILES string of the molecule is Cc1c(Cl)cccc1N1CCN(C(=O)Nc2ccc(F)c(Cl)c2)CC1. The molecule has 1 aliphatic rings. The second-order valence-corrected chi connectivity index (χ2v) is 6.73. The number of hydrogen-bond acceptors (Lipinski definition) is 2. The minimum atomic E-state index is -0.509. The van der Waals surface area contributed by atoms with Crippen molar-refractivity contribution < 1.29 is 9.18 Å². The summed E-state index contributed by atoms with van der Waals surface area (Å²) in [5.41, 5.74) is 2.62. The molecule has 0 unspecified atom stereocenters. The lowest BCUT2D eigenvalue weighted by Crippen LogP contribution is -2.50. The predicted octanol–water partition coefficient (Wildman–Crippen LogP) is 4.80. The first-order valence-corrected chi connectivity index (χ1v) is 8.72.